The molecule has 7 heteroatoms. The van der Waals surface area contributed by atoms with E-state index in [0.717, 1.165) is 5.56 Å². The van der Waals surface area contributed by atoms with Crippen molar-refractivity contribution in [2.45, 2.75) is 6.54 Å². The minimum atomic E-state index is -0.563. The number of benzene rings is 2. The van der Waals surface area contributed by atoms with Gasteiger partial charge >= 0.3 is 0 Å². The lowest BCUT2D eigenvalue weighted by atomic mass is 10.2. The molecule has 2 rings (SSSR count). The zero-order chi connectivity index (χ0) is 17.7. The van der Waals surface area contributed by atoms with E-state index in [2.05, 4.69) is 0 Å². The zero-order valence-corrected chi connectivity index (χ0v) is 14.3. The van der Waals surface area contributed by atoms with Gasteiger partial charge in [0, 0.05) is 30.8 Å². The van der Waals surface area contributed by atoms with Crippen molar-refractivity contribution >= 4 is 40.9 Å². The normalized spacial score (nSPS) is 10.8. The van der Waals surface area contributed by atoms with Crippen LogP contribution < -0.4 is 0 Å². The fourth-order valence-corrected chi connectivity index (χ4v) is 2.45. The zero-order valence-electron chi connectivity index (χ0n) is 12.8. The van der Waals surface area contributed by atoms with E-state index in [1.165, 1.54) is 29.2 Å². The Kier molecular flexibility index (Phi) is 5.95. The van der Waals surface area contributed by atoms with Crippen LogP contribution in [0.15, 0.2) is 48.5 Å². The summed E-state index contributed by atoms with van der Waals surface area (Å²) in [6, 6.07) is 11.6. The van der Waals surface area contributed by atoms with Crippen LogP contribution >= 0.6 is 23.2 Å². The Bertz CT molecular complexity index is 806. The lowest BCUT2D eigenvalue weighted by Gasteiger charge is -2.15. The summed E-state index contributed by atoms with van der Waals surface area (Å²) < 4.78 is 0. The number of carbonyl (C=O) groups is 1. The van der Waals surface area contributed by atoms with Crippen molar-refractivity contribution in [2.75, 3.05) is 7.05 Å². The standard InChI is InChI=1S/C17H14Cl2N2O3/c1-20(11-13-3-2-4-14(18)9-13)17(22)8-6-12-5-7-15(19)16(10-12)21(23)24/h2-10H,11H2,1H3/b8-6+. The third-order valence-corrected chi connectivity index (χ3v) is 3.82. The van der Waals surface area contributed by atoms with Gasteiger partial charge in [0.15, 0.2) is 0 Å². The van der Waals surface area contributed by atoms with E-state index in [1.807, 2.05) is 12.1 Å². The molecule has 0 aliphatic heterocycles. The molecule has 124 valence electrons. The Labute approximate surface area is 149 Å². The van der Waals surface area contributed by atoms with Crippen molar-refractivity contribution in [2.24, 2.45) is 0 Å². The third kappa shape index (κ3) is 4.81. The lowest BCUT2D eigenvalue weighted by molar-refractivity contribution is -0.384. The Morgan fingerprint density at radius 2 is 2.00 bits per heavy atom. The minimum Gasteiger partial charge on any atom is -0.338 e. The van der Waals surface area contributed by atoms with Crippen molar-refractivity contribution in [1.82, 2.24) is 4.90 Å². The predicted octanol–water partition coefficient (Wildman–Crippen LogP) is 4.57. The quantitative estimate of drug-likeness (QED) is 0.443. The number of hydrogen-bond acceptors (Lipinski definition) is 3. The highest BCUT2D eigenvalue weighted by Crippen LogP contribution is 2.25. The van der Waals surface area contributed by atoms with Crippen LogP contribution in [0.3, 0.4) is 0 Å². The summed E-state index contributed by atoms with van der Waals surface area (Å²) in [7, 11) is 1.66. The van der Waals surface area contributed by atoms with Gasteiger partial charge in [0.1, 0.15) is 5.02 Å². The van der Waals surface area contributed by atoms with Gasteiger partial charge in [-0.3, -0.25) is 14.9 Å². The van der Waals surface area contributed by atoms with E-state index in [0.29, 0.717) is 17.1 Å². The second-order valence-electron chi connectivity index (χ2n) is 5.13. The molecule has 24 heavy (non-hydrogen) atoms. The molecule has 0 radical (unpaired) electrons. The molecule has 5 nitrogen and oxygen atoms in total. The highest BCUT2D eigenvalue weighted by molar-refractivity contribution is 6.32. The van der Waals surface area contributed by atoms with Crippen LogP contribution in [0.5, 0.6) is 0 Å². The fraction of sp³-hybridized carbons (Fsp3) is 0.118. The predicted molar refractivity (Wildman–Crippen MR) is 95.1 cm³/mol. The molecule has 2 aromatic rings. The molecule has 0 aliphatic rings. The van der Waals surface area contributed by atoms with Crippen LogP contribution in [0.25, 0.3) is 6.08 Å². The van der Waals surface area contributed by atoms with Crippen LogP contribution in [-0.2, 0) is 11.3 Å². The van der Waals surface area contributed by atoms with Gasteiger partial charge in [-0.2, -0.15) is 0 Å². The molecule has 0 saturated carbocycles. The Hall–Kier alpha value is -2.37. The number of carbonyl (C=O) groups excluding carboxylic acids is 1. The van der Waals surface area contributed by atoms with Gasteiger partial charge < -0.3 is 4.90 Å². The molecule has 1 amide bonds. The molecule has 0 aromatic heterocycles. The first-order valence-corrected chi connectivity index (χ1v) is 7.74. The summed E-state index contributed by atoms with van der Waals surface area (Å²) in [4.78, 5) is 24.0. The Morgan fingerprint density at radius 3 is 2.67 bits per heavy atom. The fourth-order valence-electron chi connectivity index (χ4n) is 2.06. The molecule has 0 fully saturated rings. The van der Waals surface area contributed by atoms with E-state index in [1.54, 1.807) is 25.2 Å². The van der Waals surface area contributed by atoms with Crippen molar-refractivity contribution in [1.29, 1.82) is 0 Å². The summed E-state index contributed by atoms with van der Waals surface area (Å²) in [6.07, 6.45) is 2.87. The minimum absolute atomic E-state index is 0.0570. The average molecular weight is 365 g/mol. The summed E-state index contributed by atoms with van der Waals surface area (Å²) in [6.45, 7) is 0.407. The first kappa shape index (κ1) is 18.0. The van der Waals surface area contributed by atoms with E-state index >= 15 is 0 Å². The number of halogens is 2. The van der Waals surface area contributed by atoms with E-state index < -0.39 is 4.92 Å². The maximum Gasteiger partial charge on any atom is 0.288 e. The number of amides is 1. The third-order valence-electron chi connectivity index (χ3n) is 3.27. The average Bonchev–Trinajstić information content (AvgIpc) is 2.53. The van der Waals surface area contributed by atoms with Crippen LogP contribution in [0.1, 0.15) is 11.1 Å². The number of rotatable bonds is 5. The van der Waals surface area contributed by atoms with Crippen LogP contribution in [0.2, 0.25) is 10.0 Å². The maximum atomic E-state index is 12.1. The number of hydrogen-bond donors (Lipinski definition) is 0. The molecule has 0 atom stereocenters. The monoisotopic (exact) mass is 364 g/mol. The summed E-state index contributed by atoms with van der Waals surface area (Å²) in [5.41, 5.74) is 1.24. The number of nitrogens with zero attached hydrogens (tertiary/aromatic N) is 2. The van der Waals surface area contributed by atoms with Gasteiger partial charge in [-0.05, 0) is 35.4 Å². The first-order valence-electron chi connectivity index (χ1n) is 6.98. The van der Waals surface area contributed by atoms with Gasteiger partial charge in [0.2, 0.25) is 5.91 Å². The first-order chi connectivity index (χ1) is 11.4. The summed E-state index contributed by atoms with van der Waals surface area (Å²) >= 11 is 11.7. The molecule has 0 aliphatic carbocycles. The molecular weight excluding hydrogens is 351 g/mol. The molecule has 2 aromatic carbocycles. The number of nitro groups is 1. The number of nitro benzene ring substituents is 1. The SMILES string of the molecule is CN(Cc1cccc(Cl)c1)C(=O)/C=C/c1ccc(Cl)c([N+](=O)[O-])c1. The van der Waals surface area contributed by atoms with Gasteiger partial charge in [0.25, 0.3) is 5.69 Å². The van der Waals surface area contributed by atoms with Crippen LogP contribution in [0.4, 0.5) is 5.69 Å². The van der Waals surface area contributed by atoms with Gasteiger partial charge in [-0.15, -0.1) is 0 Å². The largest absolute Gasteiger partial charge is 0.338 e. The summed E-state index contributed by atoms with van der Waals surface area (Å²) in [5, 5.41) is 11.5. The lowest BCUT2D eigenvalue weighted by Crippen LogP contribution is -2.24. The smallest absolute Gasteiger partial charge is 0.288 e. The Morgan fingerprint density at radius 1 is 1.25 bits per heavy atom. The van der Waals surface area contributed by atoms with Gasteiger partial charge in [-0.1, -0.05) is 41.4 Å². The second-order valence-corrected chi connectivity index (χ2v) is 5.97. The molecular formula is C17H14Cl2N2O3. The van der Waals surface area contributed by atoms with Crippen molar-refractivity contribution < 1.29 is 9.72 Å². The molecule has 0 saturated heterocycles. The van der Waals surface area contributed by atoms with Crippen LogP contribution in [-0.4, -0.2) is 22.8 Å². The Balaban J connectivity index is 2.07. The van der Waals surface area contributed by atoms with Crippen LogP contribution in [0, 0.1) is 10.1 Å². The van der Waals surface area contributed by atoms with E-state index in [-0.39, 0.29) is 16.6 Å². The van der Waals surface area contributed by atoms with E-state index in [4.69, 9.17) is 23.2 Å². The molecule has 0 unspecified atom stereocenters. The topological polar surface area (TPSA) is 63.5 Å². The highest BCUT2D eigenvalue weighted by Gasteiger charge is 2.12. The molecule has 0 N–H and O–H groups in total. The molecule has 0 heterocycles. The van der Waals surface area contributed by atoms with E-state index in [9.17, 15) is 14.9 Å². The molecule has 0 bridgehead atoms. The van der Waals surface area contributed by atoms with Gasteiger partial charge in [-0.25, -0.2) is 0 Å². The molecule has 0 spiro atoms. The van der Waals surface area contributed by atoms with Crippen molar-refractivity contribution in [3.05, 3.63) is 79.8 Å². The summed E-state index contributed by atoms with van der Waals surface area (Å²) in [5.74, 6) is -0.229. The van der Waals surface area contributed by atoms with Crippen molar-refractivity contribution in [3.63, 3.8) is 0 Å². The highest BCUT2D eigenvalue weighted by atomic mass is 35.5. The second kappa shape index (κ2) is 7.95. The van der Waals surface area contributed by atoms with Crippen molar-refractivity contribution in [3.8, 4) is 0 Å². The number of likely N-dealkylation sites (N-methyl/N-ethyl adjacent to an activating group) is 1. The van der Waals surface area contributed by atoms with Gasteiger partial charge in [0.05, 0.1) is 4.92 Å². The maximum absolute atomic E-state index is 12.1.